The van der Waals surface area contributed by atoms with E-state index >= 15 is 0 Å². The summed E-state index contributed by atoms with van der Waals surface area (Å²) < 4.78 is 16.7. The van der Waals surface area contributed by atoms with E-state index in [1.165, 1.54) is 6.07 Å². The van der Waals surface area contributed by atoms with Crippen LogP contribution < -0.4 is 10.1 Å². The highest BCUT2D eigenvalue weighted by Crippen LogP contribution is 2.33. The lowest BCUT2D eigenvalue weighted by Crippen LogP contribution is -2.16. The van der Waals surface area contributed by atoms with E-state index in [0.29, 0.717) is 22.7 Å². The maximum atomic E-state index is 12.6. The number of aryl methyl sites for hydroxylation is 1. The Bertz CT molecular complexity index is 1630. The van der Waals surface area contributed by atoms with Crippen molar-refractivity contribution in [3.63, 3.8) is 0 Å². The zero-order valence-electron chi connectivity index (χ0n) is 21.7. The van der Waals surface area contributed by atoms with Gasteiger partial charge in [0.15, 0.2) is 5.76 Å². The number of benzene rings is 3. The highest BCUT2D eigenvalue weighted by atomic mass is 16.6. The maximum Gasteiger partial charge on any atom is 0.412 e. The van der Waals surface area contributed by atoms with Crippen molar-refractivity contribution in [2.24, 2.45) is 0 Å². The molecule has 2 heterocycles. The van der Waals surface area contributed by atoms with E-state index in [1.807, 2.05) is 60.7 Å². The molecule has 0 bridgehead atoms. The average molecular weight is 536 g/mol. The number of amides is 1. The SMILES string of the molecule is Cc1noc(-c2ccc(-c3ccc(Oc4ccccc4C(=O)O)nc3)cc2)c1NC(=O)O[C@H](C)c1ccccc1. The van der Waals surface area contributed by atoms with Gasteiger partial charge in [-0.15, -0.1) is 0 Å². The van der Waals surface area contributed by atoms with E-state index < -0.39 is 18.2 Å². The molecule has 0 saturated heterocycles. The fourth-order valence-electron chi connectivity index (χ4n) is 4.07. The number of carbonyl (C=O) groups excluding carboxylic acids is 1. The Morgan fingerprint density at radius 1 is 0.875 bits per heavy atom. The van der Waals surface area contributed by atoms with Crippen LogP contribution in [0.15, 0.2) is 102 Å². The number of carboxylic acids is 1. The Morgan fingerprint density at radius 2 is 1.55 bits per heavy atom. The second-order valence-corrected chi connectivity index (χ2v) is 8.92. The Hall–Kier alpha value is -5.44. The Balaban J connectivity index is 1.28. The monoisotopic (exact) mass is 535 g/mol. The van der Waals surface area contributed by atoms with Gasteiger partial charge in [-0.1, -0.05) is 71.9 Å². The molecule has 9 nitrogen and oxygen atoms in total. The molecule has 9 heteroatoms. The molecule has 5 aromatic rings. The average Bonchev–Trinajstić information content (AvgIpc) is 3.33. The highest BCUT2D eigenvalue weighted by Gasteiger charge is 2.20. The van der Waals surface area contributed by atoms with Crippen LogP contribution in [0.2, 0.25) is 0 Å². The van der Waals surface area contributed by atoms with E-state index in [1.54, 1.807) is 44.3 Å². The van der Waals surface area contributed by atoms with Gasteiger partial charge in [0.05, 0.1) is 0 Å². The number of para-hydroxylation sites is 1. The first-order valence-electron chi connectivity index (χ1n) is 12.4. The largest absolute Gasteiger partial charge is 0.478 e. The number of ether oxygens (including phenoxy) is 2. The van der Waals surface area contributed by atoms with Crippen molar-refractivity contribution in [3.05, 3.63) is 114 Å². The first-order valence-corrected chi connectivity index (χ1v) is 12.4. The first kappa shape index (κ1) is 26.2. The lowest BCUT2D eigenvalue weighted by molar-refractivity contribution is 0.0694. The summed E-state index contributed by atoms with van der Waals surface area (Å²) in [6.45, 7) is 3.54. The number of nitrogens with zero attached hydrogens (tertiary/aromatic N) is 2. The van der Waals surface area contributed by atoms with Crippen molar-refractivity contribution in [1.82, 2.24) is 10.1 Å². The van der Waals surface area contributed by atoms with Gasteiger partial charge in [0.1, 0.15) is 28.8 Å². The number of carboxylic acid groups (broad SMARTS) is 1. The van der Waals surface area contributed by atoms with Gasteiger partial charge in [0, 0.05) is 23.4 Å². The van der Waals surface area contributed by atoms with Crippen molar-refractivity contribution >= 4 is 17.7 Å². The molecule has 2 N–H and O–H groups in total. The lowest BCUT2D eigenvalue weighted by atomic mass is 10.0. The number of aromatic carboxylic acids is 1. The fourth-order valence-corrected chi connectivity index (χ4v) is 4.07. The van der Waals surface area contributed by atoms with Crippen molar-refractivity contribution in [2.45, 2.75) is 20.0 Å². The normalized spacial score (nSPS) is 11.4. The molecule has 0 aliphatic carbocycles. The molecule has 0 saturated carbocycles. The van der Waals surface area contributed by atoms with Gasteiger partial charge < -0.3 is 19.1 Å². The predicted octanol–water partition coefficient (Wildman–Crippen LogP) is 7.51. The predicted molar refractivity (Wildman–Crippen MR) is 148 cm³/mol. The Labute approximate surface area is 230 Å². The quantitative estimate of drug-likeness (QED) is 0.209. The number of anilines is 1. The van der Waals surface area contributed by atoms with Crippen LogP contribution in [0.1, 0.15) is 34.6 Å². The molecule has 0 aliphatic rings. The standard InChI is InChI=1S/C31H25N3O6/c1-19-28(33-31(37)38-20(2)21-8-4-3-5-9-21)29(40-34-19)23-14-12-22(13-15-23)24-16-17-27(32-18-24)39-26-11-7-6-10-25(26)30(35)36/h3-18,20H,1-2H3,(H,33,37)(H,35,36)/t20-/m1/s1. The third-order valence-corrected chi connectivity index (χ3v) is 6.19. The summed E-state index contributed by atoms with van der Waals surface area (Å²) in [7, 11) is 0. The van der Waals surface area contributed by atoms with E-state index in [9.17, 15) is 14.7 Å². The second kappa shape index (κ2) is 11.5. The lowest BCUT2D eigenvalue weighted by Gasteiger charge is -2.14. The summed E-state index contributed by atoms with van der Waals surface area (Å²) >= 11 is 0. The van der Waals surface area contributed by atoms with Crippen LogP contribution in [0.5, 0.6) is 11.6 Å². The number of rotatable bonds is 8. The van der Waals surface area contributed by atoms with Crippen LogP contribution in [0, 0.1) is 6.92 Å². The van der Waals surface area contributed by atoms with Crippen molar-refractivity contribution in [2.75, 3.05) is 5.32 Å². The topological polar surface area (TPSA) is 124 Å². The van der Waals surface area contributed by atoms with Crippen LogP contribution in [0.4, 0.5) is 10.5 Å². The maximum absolute atomic E-state index is 12.6. The molecule has 0 spiro atoms. The zero-order valence-corrected chi connectivity index (χ0v) is 21.7. The van der Waals surface area contributed by atoms with Gasteiger partial charge in [-0.3, -0.25) is 5.32 Å². The number of nitrogens with one attached hydrogen (secondary N) is 1. The summed E-state index contributed by atoms with van der Waals surface area (Å²) in [5.41, 5.74) is 4.32. The van der Waals surface area contributed by atoms with E-state index in [0.717, 1.165) is 16.7 Å². The molecule has 40 heavy (non-hydrogen) atoms. The van der Waals surface area contributed by atoms with Crippen LogP contribution in [-0.2, 0) is 4.74 Å². The van der Waals surface area contributed by atoms with Gasteiger partial charge in [-0.25, -0.2) is 14.6 Å². The van der Waals surface area contributed by atoms with E-state index in [4.69, 9.17) is 14.0 Å². The van der Waals surface area contributed by atoms with Crippen molar-refractivity contribution in [3.8, 4) is 34.1 Å². The van der Waals surface area contributed by atoms with Gasteiger partial charge in [0.2, 0.25) is 5.88 Å². The van der Waals surface area contributed by atoms with Gasteiger partial charge in [0.25, 0.3) is 0 Å². The van der Waals surface area contributed by atoms with Crippen molar-refractivity contribution < 1.29 is 28.7 Å². The Morgan fingerprint density at radius 3 is 2.25 bits per heavy atom. The van der Waals surface area contributed by atoms with Crippen LogP contribution in [0.3, 0.4) is 0 Å². The molecule has 0 aliphatic heterocycles. The molecule has 200 valence electrons. The van der Waals surface area contributed by atoms with E-state index in [2.05, 4.69) is 15.5 Å². The second-order valence-electron chi connectivity index (χ2n) is 8.92. The molecule has 0 fully saturated rings. The summed E-state index contributed by atoms with van der Waals surface area (Å²) in [6, 6.07) is 26.8. The molecular weight excluding hydrogens is 510 g/mol. The van der Waals surface area contributed by atoms with Gasteiger partial charge in [-0.2, -0.15) is 0 Å². The number of hydrogen-bond acceptors (Lipinski definition) is 7. The molecule has 1 amide bonds. The minimum absolute atomic E-state index is 0.0550. The molecule has 0 radical (unpaired) electrons. The summed E-state index contributed by atoms with van der Waals surface area (Å²) in [6.07, 6.45) is 0.602. The summed E-state index contributed by atoms with van der Waals surface area (Å²) in [4.78, 5) is 28.4. The minimum Gasteiger partial charge on any atom is -0.478 e. The third-order valence-electron chi connectivity index (χ3n) is 6.19. The first-order chi connectivity index (χ1) is 19.4. The van der Waals surface area contributed by atoms with Gasteiger partial charge >= 0.3 is 12.1 Å². The van der Waals surface area contributed by atoms with Crippen molar-refractivity contribution in [1.29, 1.82) is 0 Å². The summed E-state index contributed by atoms with van der Waals surface area (Å²) in [5, 5.41) is 16.1. The fraction of sp³-hybridized carbons (Fsp3) is 0.0968. The molecule has 1 atom stereocenters. The smallest absolute Gasteiger partial charge is 0.412 e. The zero-order chi connectivity index (χ0) is 28.1. The van der Waals surface area contributed by atoms with E-state index in [-0.39, 0.29) is 17.2 Å². The number of aromatic nitrogens is 2. The third kappa shape index (κ3) is 5.83. The van der Waals surface area contributed by atoms with Crippen LogP contribution in [-0.4, -0.2) is 27.3 Å². The van der Waals surface area contributed by atoms with Crippen LogP contribution >= 0.6 is 0 Å². The highest BCUT2D eigenvalue weighted by molar-refractivity contribution is 5.91. The molecule has 2 aromatic heterocycles. The molecule has 0 unspecified atom stereocenters. The molecule has 5 rings (SSSR count). The molecular formula is C31H25N3O6. The minimum atomic E-state index is -1.08. The van der Waals surface area contributed by atoms with Crippen LogP contribution in [0.25, 0.3) is 22.5 Å². The van der Waals surface area contributed by atoms with Gasteiger partial charge in [-0.05, 0) is 43.2 Å². The molecule has 3 aromatic carbocycles. The number of carbonyl (C=O) groups is 2. The number of pyridine rings is 1. The number of hydrogen-bond donors (Lipinski definition) is 2. The Kier molecular flexibility index (Phi) is 7.54. The summed E-state index contributed by atoms with van der Waals surface area (Å²) in [5.74, 6) is -0.182.